The number of aryl methyl sites for hydroxylation is 1. The van der Waals surface area contributed by atoms with Crippen molar-refractivity contribution in [1.82, 2.24) is 5.32 Å². The molecule has 0 aromatic heterocycles. The van der Waals surface area contributed by atoms with Crippen LogP contribution in [0.4, 0.5) is 0 Å². The van der Waals surface area contributed by atoms with Gasteiger partial charge in [-0.1, -0.05) is 282 Å². The second-order valence-electron chi connectivity index (χ2n) is 32.4. The molecule has 0 saturated carbocycles. The highest BCUT2D eigenvalue weighted by Gasteiger charge is 2.42. The number of nitrogens with one attached hydrogen (secondary N) is 1. The van der Waals surface area contributed by atoms with Crippen molar-refractivity contribution in [2.24, 2.45) is 5.73 Å². The molecule has 0 amide bonds. The van der Waals surface area contributed by atoms with Gasteiger partial charge in [-0.25, -0.2) is 0 Å². The number of thioether (sulfide) groups is 1. The van der Waals surface area contributed by atoms with E-state index in [0.717, 1.165) is 85.5 Å². The maximum atomic E-state index is 5.97. The van der Waals surface area contributed by atoms with E-state index in [4.69, 9.17) is 58.8 Å². The molecule has 706 valence electrons. The number of alkyl halides is 1. The van der Waals surface area contributed by atoms with Gasteiger partial charge in [-0.05, 0) is 292 Å². The maximum Gasteiger partial charge on any atom is 0.500 e. The predicted octanol–water partition coefficient (Wildman–Crippen LogP) is 29.7. The van der Waals surface area contributed by atoms with Gasteiger partial charge >= 0.3 is 35.2 Å². The van der Waals surface area contributed by atoms with Crippen LogP contribution in [0, 0.1) is 6.92 Å². The lowest BCUT2D eigenvalue weighted by Crippen LogP contribution is -2.46. The van der Waals surface area contributed by atoms with Crippen molar-refractivity contribution in [3.05, 3.63) is 289 Å². The standard InChI is InChI=1S/C28H35NO3Si.C28H34O3SSi.C19H13Br.C19H14.C9H23NO3Si.C9H22O3SSi/c1-4-30-33(31-5-2,32-6-3)19-9-18-29-21-22-12-15-26-24(20-22)14-17-27-25-11-8-7-10-23(25)13-16-28(26)27;1-4-29-33(30-5-2,31-6-3)19-9-18-32-21-22-12-15-26-24(20-22)14-17-27-25-11-8-7-10-23(25)13-16-28(26)27;20-12-13-5-8-17-15(11-13)7-10-18-16-4-2-1-3-14(16)6-9-19(17)18;1-13-6-9-17-15(12-13)8-11-18-16-5-3-2-4-14(16)7-10-19(17)18;1-4-11-14(12-5-2,13-6-3)9-7-8-10;1-4-10-14(11-5-2,12-6-3)9-7-8-13/h7-8,10-17,20,29H,4-6,9,18-19,21H2,1-3H3;7-8,10-17,20H,4-6,9,18-19,21H2,1-3H3;1-11H,12H2;2-12H,1H3;4-10H2,1-3H3;13H,4-9H2,1-3H3. The van der Waals surface area contributed by atoms with Crippen molar-refractivity contribution < 1.29 is 53.1 Å². The Bertz CT molecular complexity index is 6030. The van der Waals surface area contributed by atoms with Gasteiger partial charge < -0.3 is 64.2 Å². The summed E-state index contributed by atoms with van der Waals surface area (Å²) >= 11 is 9.69. The summed E-state index contributed by atoms with van der Waals surface area (Å²) in [5.41, 5.74) is 10.8. The highest BCUT2D eigenvalue weighted by molar-refractivity contribution is 9.08. The normalized spacial score (nSPS) is 11.9. The number of halogens is 1. The van der Waals surface area contributed by atoms with E-state index in [1.165, 1.54) is 152 Å². The summed E-state index contributed by atoms with van der Waals surface area (Å²) in [6.07, 6.45) is 3.89. The first-order chi connectivity index (χ1) is 65.1. The zero-order valence-electron chi connectivity index (χ0n) is 80.7. The molecule has 0 unspecified atom stereocenters. The lowest BCUT2D eigenvalue weighted by Gasteiger charge is -2.28. The Morgan fingerprint density at radius 2 is 0.534 bits per heavy atom. The van der Waals surface area contributed by atoms with Gasteiger partial charge in [0.05, 0.1) is 0 Å². The lowest BCUT2D eigenvalue weighted by molar-refractivity contribution is 0.0701. The van der Waals surface area contributed by atoms with Crippen molar-refractivity contribution in [2.75, 3.05) is 104 Å². The van der Waals surface area contributed by atoms with Crippen LogP contribution in [-0.2, 0) is 70.7 Å². The smallest absolute Gasteiger partial charge is 0.374 e. The van der Waals surface area contributed by atoms with Gasteiger partial charge in [-0.2, -0.15) is 24.4 Å². The van der Waals surface area contributed by atoms with Crippen LogP contribution >= 0.6 is 40.3 Å². The van der Waals surface area contributed by atoms with E-state index in [9.17, 15) is 0 Å². The summed E-state index contributed by atoms with van der Waals surface area (Å²) in [6, 6.07) is 101. The highest BCUT2D eigenvalue weighted by atomic mass is 79.9. The first-order valence-corrected chi connectivity index (χ1v) is 58.8. The van der Waals surface area contributed by atoms with Crippen molar-refractivity contribution in [3.63, 3.8) is 0 Å². The monoisotopic (exact) mass is 1960 g/mol. The highest BCUT2D eigenvalue weighted by Crippen LogP contribution is 2.38. The van der Waals surface area contributed by atoms with Crippen LogP contribution in [0.15, 0.2) is 267 Å². The molecule has 0 saturated heterocycles. The van der Waals surface area contributed by atoms with E-state index in [1.54, 1.807) is 0 Å². The second kappa shape index (κ2) is 54.9. The van der Waals surface area contributed by atoms with Crippen molar-refractivity contribution in [3.8, 4) is 0 Å². The molecule has 0 aliphatic heterocycles. The summed E-state index contributed by atoms with van der Waals surface area (Å²) in [7, 11) is -9.83. The first-order valence-electron chi connectivity index (χ1n) is 48.2. The molecule has 14 nitrogen and oxygen atoms in total. The van der Waals surface area contributed by atoms with Gasteiger partial charge in [-0.3, -0.25) is 0 Å². The van der Waals surface area contributed by atoms with E-state index < -0.39 is 35.2 Å². The van der Waals surface area contributed by atoms with Gasteiger partial charge in [0.25, 0.3) is 0 Å². The molecule has 0 aliphatic carbocycles. The molecule has 0 bridgehead atoms. The fraction of sp³-hybridized carbons (Fsp3) is 0.357. The quantitative estimate of drug-likeness (QED) is 0.0109. The SMILES string of the molecule is BrCc1ccc2c(ccc3c4ccccc4ccc23)c1.CCO[Si](CCCN)(OCC)OCC.CCO[Si](CCCNCc1ccc2c(ccc3c4ccccc4ccc23)c1)(OCC)OCC.CCO[Si](CCCS)(OCC)OCC.CCO[Si](CCCSCc1ccc2c(ccc3c4ccccc4ccc23)c1)(OCC)OCC.Cc1ccc2c(ccc3c4ccccc4ccc23)c1. The number of thiol groups is 1. The van der Waals surface area contributed by atoms with E-state index in [2.05, 4.69) is 308 Å². The number of hydrogen-bond donors (Lipinski definition) is 3. The van der Waals surface area contributed by atoms with Crippen LogP contribution in [0.2, 0.25) is 24.2 Å². The third-order valence-corrected chi connectivity index (χ3v) is 38.1. The molecule has 21 heteroatoms. The zero-order valence-corrected chi connectivity index (χ0v) is 88.0. The first kappa shape index (κ1) is 106. The third-order valence-electron chi connectivity index (χ3n) is 23.4. The fourth-order valence-electron chi connectivity index (χ4n) is 17.7. The molecule has 16 aromatic carbocycles. The Balaban J connectivity index is 0.000000159. The van der Waals surface area contributed by atoms with E-state index in [0.29, 0.717) is 85.8 Å². The Kier molecular flexibility index (Phi) is 43.6. The fourth-order valence-corrected chi connectivity index (χ4v) is 30.2. The minimum atomic E-state index is -2.55. The van der Waals surface area contributed by atoms with Crippen LogP contribution in [-0.4, -0.2) is 139 Å². The van der Waals surface area contributed by atoms with Gasteiger partial charge in [0.15, 0.2) is 0 Å². The summed E-state index contributed by atoms with van der Waals surface area (Å²) in [5.74, 6) is 2.93. The van der Waals surface area contributed by atoms with Crippen LogP contribution in [0.3, 0.4) is 0 Å². The van der Waals surface area contributed by atoms with Crippen LogP contribution in [0.5, 0.6) is 0 Å². The summed E-state index contributed by atoms with van der Waals surface area (Å²) in [5, 5.41) is 36.2. The average Bonchev–Trinajstić information content (AvgIpc) is 0.775. The van der Waals surface area contributed by atoms with Crippen molar-refractivity contribution in [1.29, 1.82) is 0 Å². The molecule has 133 heavy (non-hydrogen) atoms. The van der Waals surface area contributed by atoms with Crippen LogP contribution < -0.4 is 11.1 Å². The Hall–Kier alpha value is -7.87. The average molecular weight is 1960 g/mol. The van der Waals surface area contributed by atoms with Crippen molar-refractivity contribution >= 4 is 205 Å². The molecule has 16 rings (SSSR count). The van der Waals surface area contributed by atoms with Gasteiger partial charge in [0.1, 0.15) is 0 Å². The number of nitrogens with two attached hydrogens (primary N) is 1. The summed E-state index contributed by atoms with van der Waals surface area (Å²) in [6.45, 7) is 36.1. The van der Waals surface area contributed by atoms with Crippen molar-refractivity contribution in [2.45, 2.75) is 157 Å². The van der Waals surface area contributed by atoms with Crippen LogP contribution in [0.1, 0.15) is 131 Å². The molecule has 0 radical (unpaired) electrons. The molecule has 0 spiro atoms. The Morgan fingerprint density at radius 1 is 0.278 bits per heavy atom. The molecule has 0 atom stereocenters. The number of fused-ring (bicyclic) bond motifs is 20. The third kappa shape index (κ3) is 28.7. The van der Waals surface area contributed by atoms with E-state index in [-0.39, 0.29) is 0 Å². The van der Waals surface area contributed by atoms with Crippen LogP contribution in [0.25, 0.3) is 129 Å². The molecular weight excluding hydrogens is 1820 g/mol. The maximum absolute atomic E-state index is 5.97. The Labute approximate surface area is 813 Å². The summed E-state index contributed by atoms with van der Waals surface area (Å²) < 4.78 is 69.7. The topological polar surface area (TPSA) is 149 Å². The van der Waals surface area contributed by atoms with Gasteiger partial charge in [0.2, 0.25) is 0 Å². The molecule has 0 fully saturated rings. The molecular formula is C112H141BrN2O12S2Si4. The number of hydrogen-bond acceptors (Lipinski definition) is 16. The molecule has 3 N–H and O–H groups in total. The number of rotatable bonds is 43. The predicted molar refractivity (Wildman–Crippen MR) is 584 cm³/mol. The van der Waals surface area contributed by atoms with E-state index in [1.807, 2.05) is 94.8 Å². The minimum Gasteiger partial charge on any atom is -0.374 e. The van der Waals surface area contributed by atoms with Gasteiger partial charge in [0, 0.05) is 121 Å². The molecule has 0 heterocycles. The van der Waals surface area contributed by atoms with Gasteiger partial charge in [-0.15, -0.1) is 0 Å². The number of benzene rings is 16. The molecule has 16 aromatic rings. The second-order valence-corrected chi connectivity index (χ2v) is 45.4. The largest absolute Gasteiger partial charge is 0.500 e. The molecule has 0 aliphatic rings. The lowest BCUT2D eigenvalue weighted by atomic mass is 9.96. The minimum absolute atomic E-state index is 0.626. The Morgan fingerprint density at radius 3 is 0.857 bits per heavy atom. The van der Waals surface area contributed by atoms with E-state index >= 15 is 0 Å². The zero-order chi connectivity index (χ0) is 94.3. The summed E-state index contributed by atoms with van der Waals surface area (Å²) in [4.78, 5) is 0.